The van der Waals surface area contributed by atoms with Crippen LogP contribution in [0.15, 0.2) is 48.5 Å². The third-order valence-electron chi connectivity index (χ3n) is 2.92. The van der Waals surface area contributed by atoms with Crippen molar-refractivity contribution in [1.29, 1.82) is 0 Å². The van der Waals surface area contributed by atoms with Crippen LogP contribution in [0.3, 0.4) is 0 Å². The molecule has 7 nitrogen and oxygen atoms in total. The number of nitro benzene ring substituents is 1. The molecule has 0 fully saturated rings. The fourth-order valence-corrected chi connectivity index (χ4v) is 1.86. The predicted octanol–water partition coefficient (Wildman–Crippen LogP) is 3.53. The lowest BCUT2D eigenvalue weighted by atomic mass is 10.2. The van der Waals surface area contributed by atoms with Gasteiger partial charge in [0, 0.05) is 6.07 Å². The third kappa shape index (κ3) is 4.99. The molecule has 0 radical (unpaired) electrons. The molecule has 0 saturated carbocycles. The summed E-state index contributed by atoms with van der Waals surface area (Å²) in [5.41, 5.74) is 0.643. The van der Waals surface area contributed by atoms with Gasteiger partial charge in [-0.25, -0.2) is 4.79 Å². The lowest BCUT2D eigenvalue weighted by molar-refractivity contribution is -0.384. The maximum absolute atomic E-state index is 11.7. The van der Waals surface area contributed by atoms with Crippen molar-refractivity contribution in [3.8, 4) is 5.75 Å². The molecule has 2 aromatic carbocycles. The van der Waals surface area contributed by atoms with E-state index in [1.807, 2.05) is 18.2 Å². The molecule has 0 bridgehead atoms. The number of nitro groups is 1. The maximum atomic E-state index is 11.7. The van der Waals surface area contributed by atoms with Crippen LogP contribution >= 0.6 is 0 Å². The molecule has 0 aliphatic heterocycles. The number of carbonyl (C=O) groups is 1. The van der Waals surface area contributed by atoms with E-state index in [1.165, 1.54) is 12.1 Å². The molecule has 1 amide bonds. The zero-order valence-electron chi connectivity index (χ0n) is 12.5. The highest BCUT2D eigenvalue weighted by Crippen LogP contribution is 2.25. The smallest absolute Gasteiger partial charge is 0.411 e. The van der Waals surface area contributed by atoms with E-state index in [0.717, 1.165) is 5.56 Å². The number of para-hydroxylation sites is 1. The number of anilines is 1. The zero-order valence-corrected chi connectivity index (χ0v) is 12.5. The zero-order chi connectivity index (χ0) is 16.7. The largest absolute Gasteiger partial charge is 0.490 e. The number of nitrogens with one attached hydrogen (secondary N) is 1. The molecule has 23 heavy (non-hydrogen) atoms. The minimum absolute atomic E-state index is 0.0282. The third-order valence-corrected chi connectivity index (χ3v) is 2.92. The Balaban J connectivity index is 1.82. The van der Waals surface area contributed by atoms with E-state index in [-0.39, 0.29) is 24.6 Å². The van der Waals surface area contributed by atoms with Crippen LogP contribution in [-0.2, 0) is 4.74 Å². The van der Waals surface area contributed by atoms with Crippen LogP contribution in [0.25, 0.3) is 0 Å². The van der Waals surface area contributed by atoms with Crippen molar-refractivity contribution in [3.05, 3.63) is 64.2 Å². The molecule has 7 heteroatoms. The van der Waals surface area contributed by atoms with Crippen LogP contribution in [0, 0.1) is 17.0 Å². The van der Waals surface area contributed by atoms with Crippen molar-refractivity contribution < 1.29 is 19.2 Å². The van der Waals surface area contributed by atoms with E-state index < -0.39 is 11.0 Å². The minimum atomic E-state index is -0.770. The number of nitrogens with zero attached hydrogens (tertiary/aromatic N) is 1. The lowest BCUT2D eigenvalue weighted by Crippen LogP contribution is -2.18. The second kappa shape index (κ2) is 7.79. The van der Waals surface area contributed by atoms with Gasteiger partial charge in [0.05, 0.1) is 4.92 Å². The topological polar surface area (TPSA) is 90.7 Å². The van der Waals surface area contributed by atoms with E-state index >= 15 is 0 Å². The van der Waals surface area contributed by atoms with Crippen LogP contribution < -0.4 is 10.1 Å². The summed E-state index contributed by atoms with van der Waals surface area (Å²) in [5.74, 6) is 0.672. The van der Waals surface area contributed by atoms with E-state index in [2.05, 4.69) is 5.32 Å². The average Bonchev–Trinajstić information content (AvgIpc) is 2.54. The second-order valence-electron chi connectivity index (χ2n) is 4.70. The van der Waals surface area contributed by atoms with Gasteiger partial charge in [0.25, 0.3) is 5.69 Å². The van der Waals surface area contributed by atoms with Gasteiger partial charge < -0.3 is 9.47 Å². The molecule has 2 aromatic rings. The number of aryl methyl sites for hydroxylation is 1. The van der Waals surface area contributed by atoms with Gasteiger partial charge in [-0.2, -0.15) is 0 Å². The number of hydrogen-bond acceptors (Lipinski definition) is 5. The van der Waals surface area contributed by atoms with Gasteiger partial charge in [0.15, 0.2) is 0 Å². The van der Waals surface area contributed by atoms with Gasteiger partial charge in [-0.3, -0.25) is 15.4 Å². The number of amides is 1. The molecule has 0 aliphatic rings. The standard InChI is InChI=1S/C16H16N2O5/c1-12-7-8-14(15(11-12)18(20)21)17-16(19)23-10-9-22-13-5-3-2-4-6-13/h2-8,11H,9-10H2,1H3,(H,17,19). The van der Waals surface area contributed by atoms with Crippen molar-refractivity contribution in [1.82, 2.24) is 0 Å². The first-order chi connectivity index (χ1) is 11.1. The predicted molar refractivity (Wildman–Crippen MR) is 84.7 cm³/mol. The van der Waals surface area contributed by atoms with Gasteiger partial charge in [-0.05, 0) is 30.7 Å². The quantitative estimate of drug-likeness (QED) is 0.500. The van der Waals surface area contributed by atoms with Gasteiger partial charge in [-0.1, -0.05) is 24.3 Å². The van der Waals surface area contributed by atoms with Gasteiger partial charge in [0.1, 0.15) is 24.7 Å². The van der Waals surface area contributed by atoms with Crippen LogP contribution in [0.2, 0.25) is 0 Å². The number of benzene rings is 2. The van der Waals surface area contributed by atoms with Crippen molar-refractivity contribution in [2.24, 2.45) is 0 Å². The molecule has 0 saturated heterocycles. The summed E-state index contributed by atoms with van der Waals surface area (Å²) in [4.78, 5) is 22.1. The number of ether oxygens (including phenoxy) is 2. The van der Waals surface area contributed by atoms with Gasteiger partial charge in [-0.15, -0.1) is 0 Å². The maximum Gasteiger partial charge on any atom is 0.411 e. The van der Waals surface area contributed by atoms with Gasteiger partial charge >= 0.3 is 6.09 Å². The molecule has 0 aromatic heterocycles. The summed E-state index contributed by atoms with van der Waals surface area (Å²) < 4.78 is 10.3. The highest BCUT2D eigenvalue weighted by atomic mass is 16.6. The molecular weight excluding hydrogens is 300 g/mol. The van der Waals surface area contributed by atoms with Gasteiger partial charge in [0.2, 0.25) is 0 Å². The first-order valence-corrected chi connectivity index (χ1v) is 6.93. The Labute approximate surface area is 133 Å². The molecule has 0 heterocycles. The van der Waals surface area contributed by atoms with E-state index in [0.29, 0.717) is 5.75 Å². The highest BCUT2D eigenvalue weighted by Gasteiger charge is 2.16. The lowest BCUT2D eigenvalue weighted by Gasteiger charge is -2.09. The van der Waals surface area contributed by atoms with E-state index in [9.17, 15) is 14.9 Å². The first kappa shape index (κ1) is 16.3. The molecule has 0 unspecified atom stereocenters. The summed E-state index contributed by atoms with van der Waals surface area (Å²) in [6.07, 6.45) is -0.770. The average molecular weight is 316 g/mol. The van der Waals surface area contributed by atoms with Crippen molar-refractivity contribution in [3.63, 3.8) is 0 Å². The van der Waals surface area contributed by atoms with E-state index in [4.69, 9.17) is 9.47 Å². The number of hydrogen-bond donors (Lipinski definition) is 1. The Morgan fingerprint density at radius 1 is 1.17 bits per heavy atom. The summed E-state index contributed by atoms with van der Waals surface area (Å²) in [7, 11) is 0. The summed E-state index contributed by atoms with van der Waals surface area (Å²) in [5, 5.41) is 13.3. The fourth-order valence-electron chi connectivity index (χ4n) is 1.86. The number of carbonyl (C=O) groups excluding carboxylic acids is 1. The fraction of sp³-hybridized carbons (Fsp3) is 0.188. The minimum Gasteiger partial charge on any atom is -0.490 e. The molecule has 0 atom stereocenters. The Bertz CT molecular complexity index is 688. The highest BCUT2D eigenvalue weighted by molar-refractivity contribution is 5.87. The SMILES string of the molecule is Cc1ccc(NC(=O)OCCOc2ccccc2)c([N+](=O)[O-])c1. The van der Waals surface area contributed by atoms with Crippen molar-refractivity contribution in [2.45, 2.75) is 6.92 Å². The Morgan fingerprint density at radius 3 is 2.61 bits per heavy atom. The summed E-state index contributed by atoms with van der Waals surface area (Å²) in [6, 6.07) is 13.6. The number of rotatable bonds is 6. The van der Waals surface area contributed by atoms with Crippen LogP contribution in [-0.4, -0.2) is 24.2 Å². The molecule has 0 spiro atoms. The Kier molecular flexibility index (Phi) is 5.51. The van der Waals surface area contributed by atoms with Crippen molar-refractivity contribution in [2.75, 3.05) is 18.5 Å². The molecule has 1 N–H and O–H groups in total. The summed E-state index contributed by atoms with van der Waals surface area (Å²) >= 11 is 0. The molecule has 2 rings (SSSR count). The second-order valence-corrected chi connectivity index (χ2v) is 4.70. The van der Waals surface area contributed by atoms with Crippen LogP contribution in [0.1, 0.15) is 5.56 Å². The normalized spacial score (nSPS) is 9.96. The first-order valence-electron chi connectivity index (χ1n) is 6.93. The summed E-state index contributed by atoms with van der Waals surface area (Å²) in [6.45, 7) is 1.95. The molecule has 120 valence electrons. The Morgan fingerprint density at radius 2 is 1.91 bits per heavy atom. The van der Waals surface area contributed by atoms with Crippen molar-refractivity contribution >= 4 is 17.5 Å². The molecular formula is C16H16N2O5. The van der Waals surface area contributed by atoms with E-state index in [1.54, 1.807) is 25.1 Å². The van der Waals surface area contributed by atoms with Crippen LogP contribution in [0.4, 0.5) is 16.2 Å². The Hall–Kier alpha value is -3.09. The molecule has 0 aliphatic carbocycles. The monoisotopic (exact) mass is 316 g/mol. The van der Waals surface area contributed by atoms with Crippen LogP contribution in [0.5, 0.6) is 5.75 Å².